The predicted molar refractivity (Wildman–Crippen MR) is 70.9 cm³/mol. The number of nitriles is 1. The van der Waals surface area contributed by atoms with Crippen LogP contribution in [0.1, 0.15) is 16.8 Å². The lowest BCUT2D eigenvalue weighted by Gasteiger charge is -2.35. The number of halogens is 3. The molecule has 1 aliphatic rings. The molecule has 1 aliphatic heterocycles. The molecule has 0 radical (unpaired) electrons. The summed E-state index contributed by atoms with van der Waals surface area (Å²) in [4.78, 5) is 3.18. The summed E-state index contributed by atoms with van der Waals surface area (Å²) in [7, 11) is 0. The fourth-order valence-electron chi connectivity index (χ4n) is 2.32. The van der Waals surface area contributed by atoms with Gasteiger partial charge in [-0.15, -0.1) is 5.10 Å². The second-order valence-electron chi connectivity index (χ2n) is 5.10. The minimum absolute atomic E-state index is 0.291. The van der Waals surface area contributed by atoms with Crippen LogP contribution in [0.15, 0.2) is 0 Å². The number of aromatic nitrogens is 2. The van der Waals surface area contributed by atoms with E-state index in [-0.39, 0.29) is 0 Å². The van der Waals surface area contributed by atoms with Crippen molar-refractivity contribution >= 4 is 5.82 Å². The van der Waals surface area contributed by atoms with E-state index < -0.39 is 12.7 Å². The Kier molecular flexibility index (Phi) is 4.32. The second-order valence-corrected chi connectivity index (χ2v) is 5.10. The van der Waals surface area contributed by atoms with Gasteiger partial charge in [0.05, 0.1) is 12.2 Å². The van der Waals surface area contributed by atoms with Crippen molar-refractivity contribution in [3.05, 3.63) is 16.8 Å². The standard InChI is InChI=1S/C13H16F3N5/c1-9-10(2)18-19-12(11(9)7-17)21-5-3-20(4-6-21)8-13(14,15)16/h3-6,8H2,1-2H3. The van der Waals surface area contributed by atoms with E-state index in [1.165, 1.54) is 4.90 Å². The van der Waals surface area contributed by atoms with Crippen LogP contribution in [0, 0.1) is 25.2 Å². The van der Waals surface area contributed by atoms with Crippen LogP contribution in [0.5, 0.6) is 0 Å². The van der Waals surface area contributed by atoms with E-state index in [1.54, 1.807) is 13.8 Å². The highest BCUT2D eigenvalue weighted by Crippen LogP contribution is 2.23. The number of alkyl halides is 3. The highest BCUT2D eigenvalue weighted by Gasteiger charge is 2.32. The Hall–Kier alpha value is -1.88. The third-order valence-electron chi connectivity index (χ3n) is 3.62. The van der Waals surface area contributed by atoms with E-state index in [1.807, 2.05) is 4.90 Å². The van der Waals surface area contributed by atoms with Crippen LogP contribution >= 0.6 is 0 Å². The second kappa shape index (κ2) is 5.85. The van der Waals surface area contributed by atoms with Crippen LogP contribution in [0.2, 0.25) is 0 Å². The maximum Gasteiger partial charge on any atom is 0.401 e. The fourth-order valence-corrected chi connectivity index (χ4v) is 2.32. The van der Waals surface area contributed by atoms with Crippen LogP contribution in [-0.4, -0.2) is 54.0 Å². The highest BCUT2D eigenvalue weighted by atomic mass is 19.4. The molecule has 0 amide bonds. The quantitative estimate of drug-likeness (QED) is 0.831. The summed E-state index contributed by atoms with van der Waals surface area (Å²) in [6.45, 7) is 4.06. The number of anilines is 1. The van der Waals surface area contributed by atoms with E-state index in [2.05, 4.69) is 16.3 Å². The largest absolute Gasteiger partial charge is 0.401 e. The first-order valence-corrected chi connectivity index (χ1v) is 6.60. The van der Waals surface area contributed by atoms with E-state index in [0.717, 1.165) is 5.56 Å². The van der Waals surface area contributed by atoms with E-state index in [0.29, 0.717) is 43.3 Å². The SMILES string of the molecule is Cc1nnc(N2CCN(CC(F)(F)F)CC2)c(C#N)c1C. The molecule has 1 aromatic heterocycles. The van der Waals surface area contributed by atoms with Gasteiger partial charge in [-0.05, 0) is 19.4 Å². The summed E-state index contributed by atoms with van der Waals surface area (Å²) in [6, 6.07) is 2.11. The lowest BCUT2D eigenvalue weighted by Crippen LogP contribution is -2.49. The molecule has 1 fully saturated rings. The molecular formula is C13H16F3N5. The first-order chi connectivity index (χ1) is 9.81. The Morgan fingerprint density at radius 1 is 1.14 bits per heavy atom. The van der Waals surface area contributed by atoms with Crippen LogP contribution in [-0.2, 0) is 0 Å². The zero-order chi connectivity index (χ0) is 15.6. The Labute approximate surface area is 121 Å². The minimum atomic E-state index is -4.18. The molecule has 2 rings (SSSR count). The topological polar surface area (TPSA) is 56.1 Å². The molecule has 0 bridgehead atoms. The number of piperazine rings is 1. The van der Waals surface area contributed by atoms with Crippen molar-refractivity contribution in [1.82, 2.24) is 15.1 Å². The minimum Gasteiger partial charge on any atom is -0.351 e. The summed E-state index contributed by atoms with van der Waals surface area (Å²) < 4.78 is 37.1. The van der Waals surface area contributed by atoms with Crippen molar-refractivity contribution in [2.45, 2.75) is 20.0 Å². The molecular weight excluding hydrogens is 283 g/mol. The van der Waals surface area contributed by atoms with Gasteiger partial charge in [0.2, 0.25) is 0 Å². The van der Waals surface area contributed by atoms with E-state index >= 15 is 0 Å². The van der Waals surface area contributed by atoms with Gasteiger partial charge in [0.15, 0.2) is 5.82 Å². The monoisotopic (exact) mass is 299 g/mol. The molecule has 2 heterocycles. The number of rotatable bonds is 2. The van der Waals surface area contributed by atoms with Crippen LogP contribution in [0.3, 0.4) is 0 Å². The first-order valence-electron chi connectivity index (χ1n) is 6.60. The average Bonchev–Trinajstić information content (AvgIpc) is 2.41. The third-order valence-corrected chi connectivity index (χ3v) is 3.62. The van der Waals surface area contributed by atoms with Crippen LogP contribution in [0.4, 0.5) is 19.0 Å². The van der Waals surface area contributed by atoms with E-state index in [9.17, 15) is 18.4 Å². The van der Waals surface area contributed by atoms with Gasteiger partial charge in [-0.3, -0.25) is 4.90 Å². The normalized spacial score (nSPS) is 16.9. The molecule has 5 nitrogen and oxygen atoms in total. The molecule has 0 spiro atoms. The zero-order valence-corrected chi connectivity index (χ0v) is 11.9. The van der Waals surface area contributed by atoms with Crippen molar-refractivity contribution in [3.8, 4) is 6.07 Å². The van der Waals surface area contributed by atoms with Gasteiger partial charge in [-0.1, -0.05) is 0 Å². The van der Waals surface area contributed by atoms with Gasteiger partial charge in [-0.2, -0.15) is 23.5 Å². The van der Waals surface area contributed by atoms with E-state index in [4.69, 9.17) is 0 Å². The van der Waals surface area contributed by atoms with Crippen LogP contribution < -0.4 is 4.90 Å². The summed E-state index contributed by atoms with van der Waals surface area (Å²) in [5, 5.41) is 17.3. The van der Waals surface area contributed by atoms with Gasteiger partial charge in [0.25, 0.3) is 0 Å². The molecule has 0 saturated carbocycles. The number of aryl methyl sites for hydroxylation is 1. The fraction of sp³-hybridized carbons (Fsp3) is 0.615. The number of hydrogen-bond donors (Lipinski definition) is 0. The Morgan fingerprint density at radius 3 is 2.29 bits per heavy atom. The molecule has 8 heteroatoms. The Balaban J connectivity index is 2.10. The Bertz CT molecular complexity index is 556. The predicted octanol–water partition coefficient (Wildman–Crippen LogP) is 1.65. The molecule has 21 heavy (non-hydrogen) atoms. The molecule has 1 aromatic rings. The summed E-state index contributed by atoms with van der Waals surface area (Å²) in [5.41, 5.74) is 1.90. The molecule has 0 N–H and O–H groups in total. The molecule has 1 saturated heterocycles. The molecule has 114 valence electrons. The van der Waals surface area contributed by atoms with Crippen molar-refractivity contribution in [1.29, 1.82) is 5.26 Å². The summed E-state index contributed by atoms with van der Waals surface area (Å²) >= 11 is 0. The lowest BCUT2D eigenvalue weighted by molar-refractivity contribution is -0.146. The van der Waals surface area contributed by atoms with Gasteiger partial charge in [-0.25, -0.2) is 0 Å². The summed E-state index contributed by atoms with van der Waals surface area (Å²) in [5.74, 6) is 0.465. The third kappa shape index (κ3) is 3.61. The molecule has 0 aliphatic carbocycles. The van der Waals surface area contributed by atoms with Crippen molar-refractivity contribution in [2.24, 2.45) is 0 Å². The first kappa shape index (κ1) is 15.5. The highest BCUT2D eigenvalue weighted by molar-refractivity contribution is 5.57. The van der Waals surface area contributed by atoms with Crippen molar-refractivity contribution in [2.75, 3.05) is 37.6 Å². The average molecular weight is 299 g/mol. The smallest absolute Gasteiger partial charge is 0.351 e. The van der Waals surface area contributed by atoms with Crippen molar-refractivity contribution < 1.29 is 13.2 Å². The Morgan fingerprint density at radius 2 is 1.76 bits per heavy atom. The maximum atomic E-state index is 12.4. The molecule has 0 unspecified atom stereocenters. The molecule has 0 atom stereocenters. The molecule has 0 aromatic carbocycles. The zero-order valence-electron chi connectivity index (χ0n) is 11.9. The van der Waals surface area contributed by atoms with Gasteiger partial charge in [0, 0.05) is 26.2 Å². The van der Waals surface area contributed by atoms with Crippen molar-refractivity contribution in [3.63, 3.8) is 0 Å². The maximum absolute atomic E-state index is 12.4. The van der Waals surface area contributed by atoms with Gasteiger partial charge in [0.1, 0.15) is 11.6 Å². The summed E-state index contributed by atoms with van der Waals surface area (Å²) in [6.07, 6.45) is -4.18. The lowest BCUT2D eigenvalue weighted by atomic mass is 10.1. The van der Waals surface area contributed by atoms with Gasteiger partial charge < -0.3 is 4.90 Å². The van der Waals surface area contributed by atoms with Gasteiger partial charge >= 0.3 is 6.18 Å². The number of hydrogen-bond acceptors (Lipinski definition) is 5. The van der Waals surface area contributed by atoms with Crippen LogP contribution in [0.25, 0.3) is 0 Å². The number of nitrogens with zero attached hydrogens (tertiary/aromatic N) is 5.